The largest absolute Gasteiger partial charge is 0.443 e. The van der Waals surface area contributed by atoms with Crippen molar-refractivity contribution in [1.29, 1.82) is 0 Å². The number of hydroxylamine groups is 2. The topological polar surface area (TPSA) is 79.3 Å². The SMILES string of the molecule is CC(C)(C)OC(=O)N1C(=O)[C@H]2C[C@H](CO)ON2C12CCCCC2. The fourth-order valence-electron chi connectivity index (χ4n) is 3.90. The molecule has 0 radical (unpaired) electrons. The van der Waals surface area contributed by atoms with Crippen molar-refractivity contribution in [1.82, 2.24) is 9.96 Å². The third-order valence-electron chi connectivity index (χ3n) is 4.80. The van der Waals surface area contributed by atoms with Crippen molar-refractivity contribution < 1.29 is 24.3 Å². The van der Waals surface area contributed by atoms with E-state index in [1.807, 2.05) is 0 Å². The number of hydrogen-bond donors (Lipinski definition) is 1. The van der Waals surface area contributed by atoms with Crippen LogP contribution in [0.3, 0.4) is 0 Å². The normalized spacial score (nSPS) is 30.8. The molecule has 0 bridgehead atoms. The highest BCUT2D eigenvalue weighted by Crippen LogP contribution is 2.47. The maximum Gasteiger partial charge on any atom is 0.418 e. The summed E-state index contributed by atoms with van der Waals surface area (Å²) in [6.07, 6.45) is 3.77. The Bertz CT molecular complexity index is 495. The highest BCUT2D eigenvalue weighted by Gasteiger charge is 2.64. The van der Waals surface area contributed by atoms with Crippen molar-refractivity contribution in [2.24, 2.45) is 0 Å². The number of imide groups is 1. The molecule has 1 aliphatic carbocycles. The molecule has 0 aromatic carbocycles. The summed E-state index contributed by atoms with van der Waals surface area (Å²) in [6.45, 7) is 5.25. The molecule has 2 aliphatic heterocycles. The second kappa shape index (κ2) is 5.72. The van der Waals surface area contributed by atoms with Gasteiger partial charge in [0.1, 0.15) is 23.4 Å². The van der Waals surface area contributed by atoms with Gasteiger partial charge in [0.25, 0.3) is 5.91 Å². The Morgan fingerprint density at radius 2 is 2.00 bits per heavy atom. The van der Waals surface area contributed by atoms with Gasteiger partial charge in [-0.2, -0.15) is 0 Å². The first-order valence-electron chi connectivity index (χ1n) is 8.42. The number of amides is 2. The summed E-state index contributed by atoms with van der Waals surface area (Å²) < 4.78 is 5.47. The van der Waals surface area contributed by atoms with E-state index in [0.717, 1.165) is 19.3 Å². The van der Waals surface area contributed by atoms with Gasteiger partial charge in [-0.1, -0.05) is 6.42 Å². The fourth-order valence-corrected chi connectivity index (χ4v) is 3.90. The standard InChI is InChI=1S/C16H26N2O5/c1-15(2,3)22-14(21)17-13(20)12-9-11(10-19)23-18(12)16(17)7-5-4-6-8-16/h11-12,19H,4-10H2,1-3H3/t11-,12-/m1/s1. The van der Waals surface area contributed by atoms with Gasteiger partial charge in [0, 0.05) is 6.42 Å². The average molecular weight is 326 g/mol. The Morgan fingerprint density at radius 3 is 2.57 bits per heavy atom. The minimum atomic E-state index is -0.758. The number of fused-ring (bicyclic) bond motifs is 2. The number of nitrogens with zero attached hydrogens (tertiary/aromatic N) is 2. The lowest BCUT2D eigenvalue weighted by atomic mass is 9.88. The third kappa shape index (κ3) is 2.75. The summed E-state index contributed by atoms with van der Waals surface area (Å²) in [7, 11) is 0. The van der Waals surface area contributed by atoms with Crippen molar-refractivity contribution in [3.63, 3.8) is 0 Å². The number of rotatable bonds is 1. The molecule has 3 aliphatic rings. The summed E-state index contributed by atoms with van der Waals surface area (Å²) in [6, 6.07) is -0.502. The molecule has 0 aromatic rings. The van der Waals surface area contributed by atoms with Crippen LogP contribution in [0.15, 0.2) is 0 Å². The molecule has 0 unspecified atom stereocenters. The van der Waals surface area contributed by atoms with Gasteiger partial charge < -0.3 is 9.84 Å². The highest BCUT2D eigenvalue weighted by molar-refractivity contribution is 5.98. The fraction of sp³-hybridized carbons (Fsp3) is 0.875. The van der Waals surface area contributed by atoms with Gasteiger partial charge in [-0.05, 0) is 46.5 Å². The third-order valence-corrected chi connectivity index (χ3v) is 4.80. The smallest absolute Gasteiger partial charge is 0.418 e. The molecular weight excluding hydrogens is 300 g/mol. The number of hydrogen-bond acceptors (Lipinski definition) is 6. The molecule has 1 saturated carbocycles. The number of carbonyl (C=O) groups excluding carboxylic acids is 2. The first-order valence-corrected chi connectivity index (χ1v) is 8.42. The lowest BCUT2D eigenvalue weighted by Gasteiger charge is -2.44. The molecule has 2 atom stereocenters. The maximum absolute atomic E-state index is 12.9. The second-order valence-corrected chi connectivity index (χ2v) is 7.68. The molecule has 3 fully saturated rings. The van der Waals surface area contributed by atoms with Crippen molar-refractivity contribution in [3.05, 3.63) is 0 Å². The van der Waals surface area contributed by atoms with E-state index in [4.69, 9.17) is 9.57 Å². The molecule has 2 amide bonds. The van der Waals surface area contributed by atoms with E-state index < -0.39 is 23.4 Å². The highest BCUT2D eigenvalue weighted by atomic mass is 16.7. The number of ether oxygens (including phenoxy) is 1. The monoisotopic (exact) mass is 326 g/mol. The Hall–Kier alpha value is -1.18. The average Bonchev–Trinajstić information content (AvgIpc) is 2.98. The van der Waals surface area contributed by atoms with Crippen LogP contribution >= 0.6 is 0 Å². The number of aliphatic hydroxyl groups is 1. The van der Waals surface area contributed by atoms with E-state index in [9.17, 15) is 14.7 Å². The van der Waals surface area contributed by atoms with Crippen LogP contribution in [0.1, 0.15) is 59.3 Å². The van der Waals surface area contributed by atoms with Gasteiger partial charge in [0.15, 0.2) is 0 Å². The van der Waals surface area contributed by atoms with E-state index >= 15 is 0 Å². The van der Waals surface area contributed by atoms with Crippen molar-refractivity contribution in [2.45, 2.75) is 82.7 Å². The summed E-state index contributed by atoms with van der Waals surface area (Å²) in [5, 5.41) is 11.0. The Kier molecular flexibility index (Phi) is 4.14. The molecule has 1 spiro atoms. The van der Waals surface area contributed by atoms with Crippen LogP contribution in [0.2, 0.25) is 0 Å². The van der Waals surface area contributed by atoms with Crippen LogP contribution in [0.4, 0.5) is 4.79 Å². The Morgan fingerprint density at radius 1 is 1.35 bits per heavy atom. The molecule has 23 heavy (non-hydrogen) atoms. The first-order chi connectivity index (χ1) is 10.8. The van der Waals surface area contributed by atoms with Crippen molar-refractivity contribution >= 4 is 12.0 Å². The van der Waals surface area contributed by atoms with Gasteiger partial charge in [-0.15, -0.1) is 5.06 Å². The molecule has 2 saturated heterocycles. The minimum Gasteiger partial charge on any atom is -0.443 e. The predicted octanol–water partition coefficient (Wildman–Crippen LogP) is 1.79. The zero-order valence-electron chi connectivity index (χ0n) is 14.1. The van der Waals surface area contributed by atoms with Gasteiger partial charge in [-0.3, -0.25) is 9.63 Å². The Labute approximate surface area is 136 Å². The zero-order valence-corrected chi connectivity index (χ0v) is 14.1. The van der Waals surface area contributed by atoms with Crippen LogP contribution in [-0.2, 0) is 14.4 Å². The van der Waals surface area contributed by atoms with Crippen LogP contribution in [-0.4, -0.2) is 57.1 Å². The van der Waals surface area contributed by atoms with E-state index in [-0.39, 0.29) is 18.6 Å². The quantitative estimate of drug-likeness (QED) is 0.791. The molecule has 3 rings (SSSR count). The molecule has 1 N–H and O–H groups in total. The van der Waals surface area contributed by atoms with Crippen LogP contribution in [0.5, 0.6) is 0 Å². The molecule has 7 nitrogen and oxygen atoms in total. The second-order valence-electron chi connectivity index (χ2n) is 7.68. The maximum atomic E-state index is 12.9. The molecular formula is C16H26N2O5. The zero-order chi connectivity index (χ0) is 16.8. The minimum absolute atomic E-state index is 0.122. The first kappa shape index (κ1) is 16.7. The predicted molar refractivity (Wildman–Crippen MR) is 81.1 cm³/mol. The number of carbonyl (C=O) groups is 2. The van der Waals surface area contributed by atoms with Crippen LogP contribution in [0.25, 0.3) is 0 Å². The van der Waals surface area contributed by atoms with Crippen LogP contribution < -0.4 is 0 Å². The van der Waals surface area contributed by atoms with Gasteiger partial charge in [0.2, 0.25) is 0 Å². The lowest BCUT2D eigenvalue weighted by Crippen LogP contribution is -2.58. The van der Waals surface area contributed by atoms with Crippen molar-refractivity contribution in [3.8, 4) is 0 Å². The van der Waals surface area contributed by atoms with E-state index in [1.165, 1.54) is 4.90 Å². The summed E-state index contributed by atoms with van der Waals surface area (Å²) >= 11 is 0. The van der Waals surface area contributed by atoms with Gasteiger partial charge >= 0.3 is 6.09 Å². The van der Waals surface area contributed by atoms with E-state index in [1.54, 1.807) is 25.8 Å². The van der Waals surface area contributed by atoms with Crippen LogP contribution in [0, 0.1) is 0 Å². The molecule has 2 heterocycles. The Balaban J connectivity index is 1.92. The molecule has 0 aromatic heterocycles. The van der Waals surface area contributed by atoms with Gasteiger partial charge in [0.05, 0.1) is 6.61 Å². The lowest BCUT2D eigenvalue weighted by molar-refractivity contribution is -0.241. The summed E-state index contributed by atoms with van der Waals surface area (Å²) in [5.74, 6) is -0.267. The number of aliphatic hydroxyl groups excluding tert-OH is 1. The van der Waals surface area contributed by atoms with E-state index in [0.29, 0.717) is 19.3 Å². The summed E-state index contributed by atoms with van der Waals surface area (Å²) in [5.41, 5.74) is -1.42. The van der Waals surface area contributed by atoms with E-state index in [2.05, 4.69) is 0 Å². The molecule has 130 valence electrons. The van der Waals surface area contributed by atoms with Gasteiger partial charge in [-0.25, -0.2) is 9.69 Å². The molecule has 7 heteroatoms. The summed E-state index contributed by atoms with van der Waals surface area (Å²) in [4.78, 5) is 32.7. The van der Waals surface area contributed by atoms with Crippen molar-refractivity contribution in [2.75, 3.05) is 6.61 Å².